The molecule has 3 nitrogen and oxygen atoms in total. The molecule has 0 radical (unpaired) electrons. The van der Waals surface area contributed by atoms with Crippen molar-refractivity contribution in [1.82, 2.24) is 0 Å². The van der Waals surface area contributed by atoms with Crippen LogP contribution in [0, 0.1) is 29.8 Å². The van der Waals surface area contributed by atoms with Crippen molar-refractivity contribution in [2.24, 2.45) is 23.5 Å². The fourth-order valence-electron chi connectivity index (χ4n) is 1.38. The summed E-state index contributed by atoms with van der Waals surface area (Å²) in [7, 11) is 0. The average Bonchev–Trinajstić information content (AvgIpc) is 2.30. The van der Waals surface area contributed by atoms with Gasteiger partial charge in [-0.25, -0.2) is 0 Å². The molecular weight excluding hydrogens is 214 g/mol. The maximum Gasteiger partial charge on any atom is 0.220 e. The summed E-state index contributed by atoms with van der Waals surface area (Å²) in [5.74, 6) is 3.29. The first-order valence-corrected chi connectivity index (χ1v) is 6.38. The Hall–Kier alpha value is -1.17. The van der Waals surface area contributed by atoms with Crippen molar-refractivity contribution in [1.29, 1.82) is 0 Å². The molecule has 0 aliphatic heterocycles. The third-order valence-electron chi connectivity index (χ3n) is 3.06. The van der Waals surface area contributed by atoms with Crippen molar-refractivity contribution in [3.05, 3.63) is 0 Å². The molecule has 0 aliphatic rings. The van der Waals surface area contributed by atoms with Gasteiger partial charge in [0.15, 0.2) is 0 Å². The number of hydrogen-bond acceptors (Lipinski definition) is 2. The highest BCUT2D eigenvalue weighted by Crippen LogP contribution is 2.17. The highest BCUT2D eigenvalue weighted by atomic mass is 16.2. The van der Waals surface area contributed by atoms with Gasteiger partial charge in [0, 0.05) is 11.8 Å². The molecule has 1 amide bonds. The Bertz CT molecular complexity index is 253. The second kappa shape index (κ2) is 11.3. The molecule has 0 rings (SSSR count). The van der Waals surface area contributed by atoms with Crippen molar-refractivity contribution < 1.29 is 9.90 Å². The number of amides is 1. The molecular formula is C14H27NO2. The lowest BCUT2D eigenvalue weighted by Gasteiger charge is -2.16. The van der Waals surface area contributed by atoms with E-state index in [-0.39, 0.29) is 11.8 Å². The first-order valence-electron chi connectivity index (χ1n) is 6.38. The van der Waals surface area contributed by atoms with E-state index in [1.165, 1.54) is 0 Å². The summed E-state index contributed by atoms with van der Waals surface area (Å²) < 4.78 is 0. The molecule has 0 saturated heterocycles. The predicted molar refractivity (Wildman–Crippen MR) is 71.6 cm³/mol. The molecule has 0 bridgehead atoms. The van der Waals surface area contributed by atoms with Crippen LogP contribution in [0.2, 0.25) is 0 Å². The van der Waals surface area contributed by atoms with Crippen LogP contribution >= 0.6 is 0 Å². The standard InChI is InChI=1S/C8H17NO.C6H10O/c1-4-6(3)7(5-2)8(9)10;1-3-6(2)4-5-7/h6-7H,4-5H2,1-3H3,(H2,9,10);6-7H,3H2,1-2H3. The Labute approximate surface area is 106 Å². The molecule has 3 atom stereocenters. The van der Waals surface area contributed by atoms with Crippen LogP contribution in [0.4, 0.5) is 0 Å². The zero-order chi connectivity index (χ0) is 13.8. The van der Waals surface area contributed by atoms with Gasteiger partial charge in [-0.05, 0) is 18.8 Å². The molecule has 0 spiro atoms. The van der Waals surface area contributed by atoms with E-state index in [2.05, 4.69) is 19.8 Å². The quantitative estimate of drug-likeness (QED) is 0.727. The van der Waals surface area contributed by atoms with E-state index >= 15 is 0 Å². The van der Waals surface area contributed by atoms with E-state index in [9.17, 15) is 4.79 Å². The van der Waals surface area contributed by atoms with Crippen LogP contribution < -0.4 is 5.73 Å². The molecule has 0 heterocycles. The van der Waals surface area contributed by atoms with Crippen molar-refractivity contribution >= 4 is 5.91 Å². The number of carbonyl (C=O) groups is 1. The maximum atomic E-state index is 10.8. The largest absolute Gasteiger partial charge is 0.462 e. The zero-order valence-corrected chi connectivity index (χ0v) is 11.8. The number of rotatable bonds is 5. The van der Waals surface area contributed by atoms with Crippen LogP contribution in [0.3, 0.4) is 0 Å². The van der Waals surface area contributed by atoms with Gasteiger partial charge >= 0.3 is 0 Å². The molecule has 3 N–H and O–H groups in total. The Morgan fingerprint density at radius 2 is 1.71 bits per heavy atom. The minimum Gasteiger partial charge on any atom is -0.462 e. The molecule has 0 saturated carbocycles. The SMILES string of the molecule is CCC(C)C#CO.CCC(C)C(CC)C(N)=O. The topological polar surface area (TPSA) is 63.3 Å². The second-order valence-electron chi connectivity index (χ2n) is 4.37. The van der Waals surface area contributed by atoms with Gasteiger partial charge in [-0.3, -0.25) is 4.79 Å². The zero-order valence-electron chi connectivity index (χ0n) is 11.8. The van der Waals surface area contributed by atoms with E-state index in [4.69, 9.17) is 10.8 Å². The predicted octanol–water partition coefficient (Wildman–Crippen LogP) is 2.91. The van der Waals surface area contributed by atoms with Crippen LogP contribution in [-0.2, 0) is 4.79 Å². The van der Waals surface area contributed by atoms with E-state index in [0.717, 1.165) is 19.3 Å². The highest BCUT2D eigenvalue weighted by Gasteiger charge is 2.18. The molecule has 3 unspecified atom stereocenters. The van der Waals surface area contributed by atoms with E-state index in [0.29, 0.717) is 11.8 Å². The lowest BCUT2D eigenvalue weighted by molar-refractivity contribution is -0.123. The monoisotopic (exact) mass is 241 g/mol. The number of carbonyl (C=O) groups excluding carboxylic acids is 1. The van der Waals surface area contributed by atoms with Crippen molar-refractivity contribution in [3.63, 3.8) is 0 Å². The summed E-state index contributed by atoms with van der Waals surface area (Å²) in [5, 5.41) is 8.01. The third-order valence-corrected chi connectivity index (χ3v) is 3.06. The average molecular weight is 241 g/mol. The molecule has 3 heteroatoms. The molecule has 0 aromatic carbocycles. The van der Waals surface area contributed by atoms with Crippen LogP contribution in [0.1, 0.15) is 53.9 Å². The van der Waals surface area contributed by atoms with E-state index in [1.54, 1.807) is 0 Å². The van der Waals surface area contributed by atoms with Crippen molar-refractivity contribution in [2.75, 3.05) is 0 Å². The maximum absolute atomic E-state index is 10.8. The smallest absolute Gasteiger partial charge is 0.220 e. The first kappa shape index (κ1) is 18.2. The Morgan fingerprint density at radius 1 is 1.18 bits per heavy atom. The Kier molecular flexibility index (Phi) is 12.1. The highest BCUT2D eigenvalue weighted by molar-refractivity contribution is 5.76. The van der Waals surface area contributed by atoms with Gasteiger partial charge in [0.25, 0.3) is 0 Å². The van der Waals surface area contributed by atoms with Crippen LogP contribution in [0.15, 0.2) is 0 Å². The van der Waals surface area contributed by atoms with E-state index in [1.807, 2.05) is 26.9 Å². The molecule has 100 valence electrons. The van der Waals surface area contributed by atoms with Crippen molar-refractivity contribution in [2.45, 2.75) is 53.9 Å². The van der Waals surface area contributed by atoms with Gasteiger partial charge in [0.2, 0.25) is 5.91 Å². The normalized spacial score (nSPS) is 14.4. The number of nitrogens with two attached hydrogens (primary N) is 1. The minimum atomic E-state index is -0.156. The molecule has 0 aromatic heterocycles. The van der Waals surface area contributed by atoms with Gasteiger partial charge in [-0.15, -0.1) is 0 Å². The molecule has 17 heavy (non-hydrogen) atoms. The summed E-state index contributed by atoms with van der Waals surface area (Å²) >= 11 is 0. The molecule has 0 aliphatic carbocycles. The summed E-state index contributed by atoms with van der Waals surface area (Å²) in [6.07, 6.45) is 4.77. The van der Waals surface area contributed by atoms with Gasteiger partial charge in [-0.2, -0.15) is 0 Å². The van der Waals surface area contributed by atoms with Gasteiger partial charge in [0.05, 0.1) is 0 Å². The van der Waals surface area contributed by atoms with Crippen LogP contribution in [-0.4, -0.2) is 11.0 Å². The summed E-state index contributed by atoms with van der Waals surface area (Å²) in [6.45, 7) is 10.2. The Morgan fingerprint density at radius 3 is 1.82 bits per heavy atom. The van der Waals surface area contributed by atoms with Gasteiger partial charge in [-0.1, -0.05) is 47.0 Å². The number of primary amides is 1. The van der Waals surface area contributed by atoms with Crippen molar-refractivity contribution in [3.8, 4) is 12.0 Å². The van der Waals surface area contributed by atoms with Crippen LogP contribution in [0.25, 0.3) is 0 Å². The molecule has 0 aromatic rings. The number of aliphatic hydroxyl groups is 1. The summed E-state index contributed by atoms with van der Waals surface area (Å²) in [5.41, 5.74) is 5.18. The molecule has 0 fully saturated rings. The number of aliphatic hydroxyl groups excluding tert-OH is 1. The summed E-state index contributed by atoms with van der Waals surface area (Å²) in [4.78, 5) is 10.8. The van der Waals surface area contributed by atoms with Gasteiger partial charge in [0.1, 0.15) is 6.11 Å². The summed E-state index contributed by atoms with van der Waals surface area (Å²) in [6, 6.07) is 0. The fraction of sp³-hybridized carbons (Fsp3) is 0.786. The lowest BCUT2D eigenvalue weighted by atomic mass is 9.89. The number of hydrogen-bond donors (Lipinski definition) is 2. The minimum absolute atomic E-state index is 0.0741. The lowest BCUT2D eigenvalue weighted by Crippen LogP contribution is -2.27. The van der Waals surface area contributed by atoms with E-state index < -0.39 is 0 Å². The fourth-order valence-corrected chi connectivity index (χ4v) is 1.38. The Balaban J connectivity index is 0. The van der Waals surface area contributed by atoms with Crippen LogP contribution in [0.5, 0.6) is 0 Å². The van der Waals surface area contributed by atoms with Gasteiger partial charge < -0.3 is 10.8 Å². The second-order valence-corrected chi connectivity index (χ2v) is 4.37. The third kappa shape index (κ3) is 9.74. The first-order chi connectivity index (χ1) is 7.94.